The number of nitrogens with zero attached hydrogens (tertiary/aromatic N) is 1. The van der Waals surface area contributed by atoms with E-state index >= 15 is 0 Å². The van der Waals surface area contributed by atoms with Gasteiger partial charge in [0.15, 0.2) is 0 Å². The predicted molar refractivity (Wildman–Crippen MR) is 92.9 cm³/mol. The first-order valence-corrected chi connectivity index (χ1v) is 7.99. The molecule has 1 rings (SSSR count). The summed E-state index contributed by atoms with van der Waals surface area (Å²) in [4.78, 5) is 4.86. The van der Waals surface area contributed by atoms with Gasteiger partial charge in [0.2, 0.25) is 0 Å². The van der Waals surface area contributed by atoms with Gasteiger partial charge in [-0.3, -0.25) is 4.99 Å². The first-order valence-electron chi connectivity index (χ1n) is 7.99. The SMILES string of the molecule is COc1cc(/C=N/C(C(C)C)C(C)C)c(C(C)C)cc1C. The first kappa shape index (κ1) is 17.7. The van der Waals surface area contributed by atoms with E-state index in [1.807, 2.05) is 6.21 Å². The van der Waals surface area contributed by atoms with Crippen molar-refractivity contribution in [3.05, 3.63) is 28.8 Å². The van der Waals surface area contributed by atoms with Gasteiger partial charge in [-0.25, -0.2) is 0 Å². The summed E-state index contributed by atoms with van der Waals surface area (Å²) in [5, 5.41) is 0. The minimum atomic E-state index is 0.359. The normalized spacial score (nSPS) is 12.4. The van der Waals surface area contributed by atoms with Gasteiger partial charge in [0.05, 0.1) is 13.2 Å². The molecule has 0 bridgehead atoms. The Morgan fingerprint density at radius 2 is 1.57 bits per heavy atom. The van der Waals surface area contributed by atoms with Gasteiger partial charge in [-0.15, -0.1) is 0 Å². The van der Waals surface area contributed by atoms with E-state index in [0.717, 1.165) is 5.75 Å². The number of methoxy groups -OCH3 is 1. The van der Waals surface area contributed by atoms with E-state index in [1.54, 1.807) is 7.11 Å². The molecule has 21 heavy (non-hydrogen) atoms. The van der Waals surface area contributed by atoms with Crippen LogP contribution in [-0.4, -0.2) is 19.4 Å². The van der Waals surface area contributed by atoms with E-state index in [9.17, 15) is 0 Å². The molecule has 1 aromatic carbocycles. The molecule has 0 atom stereocenters. The fourth-order valence-corrected chi connectivity index (χ4v) is 2.84. The molecule has 0 aliphatic rings. The van der Waals surface area contributed by atoms with Crippen molar-refractivity contribution in [2.75, 3.05) is 7.11 Å². The van der Waals surface area contributed by atoms with Gasteiger partial charge in [-0.2, -0.15) is 0 Å². The summed E-state index contributed by atoms with van der Waals surface area (Å²) in [5.41, 5.74) is 3.70. The maximum absolute atomic E-state index is 5.46. The summed E-state index contributed by atoms with van der Waals surface area (Å²) >= 11 is 0. The van der Waals surface area contributed by atoms with Gasteiger partial charge in [0.25, 0.3) is 0 Å². The second kappa shape index (κ2) is 7.63. The van der Waals surface area contributed by atoms with Crippen molar-refractivity contribution in [1.82, 2.24) is 0 Å². The van der Waals surface area contributed by atoms with Crippen molar-refractivity contribution >= 4 is 6.21 Å². The van der Waals surface area contributed by atoms with Gasteiger partial charge in [-0.1, -0.05) is 47.6 Å². The molecule has 0 unspecified atom stereocenters. The van der Waals surface area contributed by atoms with Crippen LogP contribution < -0.4 is 4.74 Å². The monoisotopic (exact) mass is 289 g/mol. The molecule has 0 aromatic heterocycles. The van der Waals surface area contributed by atoms with Crippen molar-refractivity contribution in [3.63, 3.8) is 0 Å². The molecule has 0 heterocycles. The molecule has 0 saturated heterocycles. The number of aryl methyl sites for hydroxylation is 1. The number of ether oxygens (including phenoxy) is 1. The smallest absolute Gasteiger partial charge is 0.122 e. The standard InChI is InChI=1S/C19H31NO/c1-12(2)17-9-15(7)18(21-8)10-16(17)11-20-19(13(3)4)14(5)6/h9-14,19H,1-8H3/b20-11+. The Morgan fingerprint density at radius 1 is 1.00 bits per heavy atom. The van der Waals surface area contributed by atoms with Crippen LogP contribution in [0.2, 0.25) is 0 Å². The highest BCUT2D eigenvalue weighted by Gasteiger charge is 2.16. The Morgan fingerprint density at radius 3 is 2.00 bits per heavy atom. The van der Waals surface area contributed by atoms with Gasteiger partial charge in [-0.05, 0) is 47.4 Å². The highest BCUT2D eigenvalue weighted by Crippen LogP contribution is 2.27. The summed E-state index contributed by atoms with van der Waals surface area (Å²) in [6, 6.07) is 4.70. The molecule has 0 saturated carbocycles. The van der Waals surface area contributed by atoms with Crippen LogP contribution in [0.3, 0.4) is 0 Å². The molecule has 0 amide bonds. The third-order valence-electron chi connectivity index (χ3n) is 3.97. The lowest BCUT2D eigenvalue weighted by Crippen LogP contribution is -2.20. The third kappa shape index (κ3) is 4.59. The Kier molecular flexibility index (Phi) is 6.44. The summed E-state index contributed by atoms with van der Waals surface area (Å²) in [6.07, 6.45) is 2.04. The van der Waals surface area contributed by atoms with Crippen molar-refractivity contribution in [3.8, 4) is 5.75 Å². The van der Waals surface area contributed by atoms with Crippen LogP contribution in [-0.2, 0) is 0 Å². The van der Waals surface area contributed by atoms with Crippen LogP contribution in [0.5, 0.6) is 5.75 Å². The number of hydrogen-bond acceptors (Lipinski definition) is 2. The number of hydrogen-bond donors (Lipinski definition) is 0. The second-order valence-corrected chi connectivity index (χ2v) is 6.86. The third-order valence-corrected chi connectivity index (χ3v) is 3.97. The second-order valence-electron chi connectivity index (χ2n) is 6.86. The molecule has 2 nitrogen and oxygen atoms in total. The number of rotatable bonds is 6. The lowest BCUT2D eigenvalue weighted by atomic mass is 9.93. The maximum Gasteiger partial charge on any atom is 0.122 e. The summed E-state index contributed by atoms with van der Waals surface area (Å²) in [7, 11) is 1.73. The van der Waals surface area contributed by atoms with Gasteiger partial charge < -0.3 is 4.74 Å². The molecule has 0 aliphatic carbocycles. The maximum atomic E-state index is 5.46. The molecule has 1 aromatic rings. The minimum Gasteiger partial charge on any atom is -0.496 e. The van der Waals surface area contributed by atoms with Gasteiger partial charge in [0, 0.05) is 6.21 Å². The zero-order valence-electron chi connectivity index (χ0n) is 14.9. The van der Waals surface area contributed by atoms with E-state index < -0.39 is 0 Å². The average molecular weight is 289 g/mol. The zero-order chi connectivity index (χ0) is 16.2. The zero-order valence-corrected chi connectivity index (χ0v) is 14.9. The largest absolute Gasteiger partial charge is 0.496 e. The van der Waals surface area contributed by atoms with Gasteiger partial charge in [0.1, 0.15) is 5.75 Å². The molecule has 0 radical (unpaired) electrons. The molecule has 0 N–H and O–H groups in total. The minimum absolute atomic E-state index is 0.359. The fraction of sp³-hybridized carbons (Fsp3) is 0.632. The van der Waals surface area contributed by atoms with E-state index in [1.165, 1.54) is 16.7 Å². The Bertz CT molecular complexity index is 479. The van der Waals surface area contributed by atoms with E-state index in [-0.39, 0.29) is 0 Å². The van der Waals surface area contributed by atoms with Gasteiger partial charge >= 0.3 is 0 Å². The summed E-state index contributed by atoms with van der Waals surface area (Å²) in [5.74, 6) is 2.52. The highest BCUT2D eigenvalue weighted by atomic mass is 16.5. The van der Waals surface area contributed by atoms with Crippen LogP contribution in [0.4, 0.5) is 0 Å². The first-order chi connectivity index (χ1) is 9.77. The predicted octanol–water partition coefficient (Wildman–Crippen LogP) is 5.23. The lowest BCUT2D eigenvalue weighted by molar-refractivity contribution is 0.390. The number of aliphatic imine (C=N–C) groups is 1. The van der Waals surface area contributed by atoms with E-state index in [0.29, 0.717) is 23.8 Å². The van der Waals surface area contributed by atoms with Crippen molar-refractivity contribution < 1.29 is 4.74 Å². The van der Waals surface area contributed by atoms with Crippen LogP contribution >= 0.6 is 0 Å². The topological polar surface area (TPSA) is 21.6 Å². The fourth-order valence-electron chi connectivity index (χ4n) is 2.84. The summed E-state index contributed by atoms with van der Waals surface area (Å²) in [6.45, 7) is 15.5. The molecule has 118 valence electrons. The Labute approximate surface area is 130 Å². The van der Waals surface area contributed by atoms with Crippen LogP contribution in [0, 0.1) is 18.8 Å². The molecular weight excluding hydrogens is 258 g/mol. The Hall–Kier alpha value is -1.31. The number of benzene rings is 1. The van der Waals surface area contributed by atoms with E-state index in [4.69, 9.17) is 9.73 Å². The molecule has 2 heteroatoms. The quantitative estimate of drug-likeness (QED) is 0.657. The molecule has 0 aliphatic heterocycles. The van der Waals surface area contributed by atoms with Crippen LogP contribution in [0.15, 0.2) is 17.1 Å². The van der Waals surface area contributed by atoms with Crippen LogP contribution in [0.25, 0.3) is 0 Å². The van der Waals surface area contributed by atoms with Crippen LogP contribution in [0.1, 0.15) is 64.2 Å². The molecule has 0 spiro atoms. The average Bonchev–Trinajstić information content (AvgIpc) is 2.38. The molecular formula is C19H31NO. The molecule has 0 fully saturated rings. The van der Waals surface area contributed by atoms with Crippen molar-refractivity contribution in [1.29, 1.82) is 0 Å². The van der Waals surface area contributed by atoms with Crippen molar-refractivity contribution in [2.24, 2.45) is 16.8 Å². The summed E-state index contributed by atoms with van der Waals surface area (Å²) < 4.78 is 5.46. The Balaban J connectivity index is 3.21. The van der Waals surface area contributed by atoms with Crippen molar-refractivity contribution in [2.45, 2.75) is 60.4 Å². The lowest BCUT2D eigenvalue weighted by Gasteiger charge is -2.21. The highest BCUT2D eigenvalue weighted by molar-refractivity contribution is 5.83. The van der Waals surface area contributed by atoms with E-state index in [2.05, 4.69) is 60.6 Å².